The molecule has 3 aromatic rings. The number of anilines is 1. The average molecular weight is 485 g/mol. The van der Waals surface area contributed by atoms with Crippen LogP contribution in [0.4, 0.5) is 5.69 Å². The summed E-state index contributed by atoms with van der Waals surface area (Å²) < 4.78 is 38.8. The van der Waals surface area contributed by atoms with E-state index in [0.29, 0.717) is 32.0 Å². The van der Waals surface area contributed by atoms with Gasteiger partial charge in [0.2, 0.25) is 10.0 Å². The first-order valence-corrected chi connectivity index (χ1v) is 12.1. The highest BCUT2D eigenvalue weighted by Crippen LogP contribution is 2.20. The maximum absolute atomic E-state index is 12.7. The van der Waals surface area contributed by atoms with Crippen molar-refractivity contribution in [3.05, 3.63) is 72.6 Å². The number of nitrogens with one attached hydrogen (secondary N) is 1. The summed E-state index contributed by atoms with van der Waals surface area (Å²) >= 11 is 0. The lowest BCUT2D eigenvalue weighted by molar-refractivity contribution is -0.123. The molecule has 0 saturated carbocycles. The van der Waals surface area contributed by atoms with E-state index in [1.807, 2.05) is 30.3 Å². The van der Waals surface area contributed by atoms with Gasteiger partial charge >= 0.3 is 5.97 Å². The first-order chi connectivity index (χ1) is 16.3. The second kappa shape index (κ2) is 10.2. The Balaban J connectivity index is 1.34. The normalized spacial score (nSPS) is 15.4. The zero-order chi connectivity index (χ0) is 24.1. The Morgan fingerprint density at radius 3 is 2.41 bits per heavy atom. The van der Waals surface area contributed by atoms with Crippen molar-refractivity contribution in [2.75, 3.05) is 31.6 Å². The van der Waals surface area contributed by atoms with E-state index in [4.69, 9.17) is 9.47 Å². The Hall–Kier alpha value is -3.54. The molecule has 0 bridgehead atoms. The van der Waals surface area contributed by atoms with Gasteiger partial charge in [0.05, 0.1) is 35.6 Å². The molecule has 2 aromatic carbocycles. The van der Waals surface area contributed by atoms with E-state index in [1.165, 1.54) is 52.6 Å². The van der Waals surface area contributed by atoms with Gasteiger partial charge in [0, 0.05) is 25.0 Å². The quantitative estimate of drug-likeness (QED) is 0.510. The lowest BCUT2D eigenvalue weighted by Crippen LogP contribution is -2.40. The van der Waals surface area contributed by atoms with Crippen LogP contribution in [0.15, 0.2) is 71.9 Å². The second-order valence-corrected chi connectivity index (χ2v) is 9.52. The van der Waals surface area contributed by atoms with E-state index >= 15 is 0 Å². The number of nitrogens with zero attached hydrogens (tertiary/aromatic N) is 3. The van der Waals surface area contributed by atoms with Crippen LogP contribution in [-0.4, -0.2) is 66.8 Å². The number of benzene rings is 2. The predicted octanol–water partition coefficient (Wildman–Crippen LogP) is 2.08. The number of carbonyl (C=O) groups is 2. The molecule has 10 nitrogen and oxygen atoms in total. The monoisotopic (exact) mass is 484 g/mol. The largest absolute Gasteiger partial charge is 0.449 e. The fraction of sp³-hybridized carbons (Fsp3) is 0.261. The molecule has 4 rings (SSSR count). The molecule has 11 heteroatoms. The van der Waals surface area contributed by atoms with Gasteiger partial charge in [0.15, 0.2) is 6.10 Å². The van der Waals surface area contributed by atoms with Crippen molar-refractivity contribution in [2.45, 2.75) is 17.9 Å². The summed E-state index contributed by atoms with van der Waals surface area (Å²) in [7, 11) is -3.62. The Kier molecular flexibility index (Phi) is 7.06. The number of carbonyl (C=O) groups excluding carboxylic acids is 2. The minimum absolute atomic E-state index is 0.127. The fourth-order valence-corrected chi connectivity index (χ4v) is 4.73. The molecule has 1 unspecified atom stereocenters. The lowest BCUT2D eigenvalue weighted by Gasteiger charge is -2.26. The third kappa shape index (κ3) is 5.33. The van der Waals surface area contributed by atoms with Gasteiger partial charge in [-0.25, -0.2) is 17.9 Å². The van der Waals surface area contributed by atoms with E-state index in [1.54, 1.807) is 0 Å². The molecule has 1 saturated heterocycles. The molecule has 2 heterocycles. The van der Waals surface area contributed by atoms with Crippen molar-refractivity contribution in [1.82, 2.24) is 14.1 Å². The van der Waals surface area contributed by atoms with E-state index < -0.39 is 28.0 Å². The Bertz CT molecular complexity index is 1250. The van der Waals surface area contributed by atoms with E-state index in [0.717, 1.165) is 5.69 Å². The molecule has 1 fully saturated rings. The number of para-hydroxylation sites is 1. The molecule has 1 atom stereocenters. The van der Waals surface area contributed by atoms with E-state index in [2.05, 4.69) is 10.4 Å². The van der Waals surface area contributed by atoms with Crippen LogP contribution in [0.25, 0.3) is 5.69 Å². The molecular formula is C23H24N4O6S. The first-order valence-electron chi connectivity index (χ1n) is 10.6. The number of rotatable bonds is 7. The van der Waals surface area contributed by atoms with Crippen molar-refractivity contribution >= 4 is 27.6 Å². The van der Waals surface area contributed by atoms with Crippen LogP contribution in [0.1, 0.15) is 17.3 Å². The van der Waals surface area contributed by atoms with Crippen molar-refractivity contribution in [2.24, 2.45) is 0 Å². The Morgan fingerprint density at radius 2 is 1.74 bits per heavy atom. The molecule has 0 radical (unpaired) electrons. The molecule has 1 aromatic heterocycles. The third-order valence-corrected chi connectivity index (χ3v) is 7.13. The van der Waals surface area contributed by atoms with Crippen LogP contribution in [0.3, 0.4) is 0 Å². The lowest BCUT2D eigenvalue weighted by atomic mass is 10.3. The van der Waals surface area contributed by atoms with Gasteiger partial charge in [-0.05, 0) is 43.3 Å². The number of morpholine rings is 1. The molecule has 1 amide bonds. The molecule has 1 aliphatic heterocycles. The Morgan fingerprint density at radius 1 is 1.06 bits per heavy atom. The summed E-state index contributed by atoms with van der Waals surface area (Å²) in [6.07, 6.45) is 1.81. The van der Waals surface area contributed by atoms with Gasteiger partial charge in [0.1, 0.15) is 0 Å². The van der Waals surface area contributed by atoms with Crippen molar-refractivity contribution in [3.63, 3.8) is 0 Å². The van der Waals surface area contributed by atoms with Gasteiger partial charge in [-0.1, -0.05) is 18.2 Å². The van der Waals surface area contributed by atoms with E-state index in [-0.39, 0.29) is 10.5 Å². The number of amides is 1. The van der Waals surface area contributed by atoms with Gasteiger partial charge in [-0.3, -0.25) is 4.79 Å². The number of aromatic nitrogens is 2. The van der Waals surface area contributed by atoms with E-state index in [9.17, 15) is 18.0 Å². The minimum atomic E-state index is -3.62. The molecule has 34 heavy (non-hydrogen) atoms. The second-order valence-electron chi connectivity index (χ2n) is 7.59. The number of sulfonamides is 1. The smallest absolute Gasteiger partial charge is 0.342 e. The molecular weight excluding hydrogens is 460 g/mol. The maximum Gasteiger partial charge on any atom is 0.342 e. The topological polar surface area (TPSA) is 120 Å². The molecule has 1 aliphatic rings. The molecule has 0 spiro atoms. The minimum Gasteiger partial charge on any atom is -0.449 e. The first kappa shape index (κ1) is 23.6. The average Bonchev–Trinajstić information content (AvgIpc) is 3.36. The highest BCUT2D eigenvalue weighted by Gasteiger charge is 2.26. The van der Waals surface area contributed by atoms with Crippen molar-refractivity contribution in [3.8, 4) is 5.69 Å². The molecule has 0 aliphatic carbocycles. The summed E-state index contributed by atoms with van der Waals surface area (Å²) in [4.78, 5) is 25.0. The SMILES string of the molecule is CC(OC(=O)c1cnn(-c2ccccc2)c1)C(=O)Nc1ccc(S(=O)(=O)N2CCOCC2)cc1. The van der Waals surface area contributed by atoms with Crippen LogP contribution in [0.5, 0.6) is 0 Å². The number of hydrogen-bond donors (Lipinski definition) is 1. The summed E-state index contributed by atoms with van der Waals surface area (Å²) in [5.41, 5.74) is 1.37. The van der Waals surface area contributed by atoms with Gasteiger partial charge in [-0.15, -0.1) is 0 Å². The summed E-state index contributed by atoms with van der Waals surface area (Å²) in [5.74, 6) is -1.23. The number of ether oxygens (including phenoxy) is 2. The highest BCUT2D eigenvalue weighted by atomic mass is 32.2. The standard InChI is InChI=1S/C23H24N4O6S/c1-17(33-23(29)18-15-24-27(16-18)20-5-3-2-4-6-20)22(28)25-19-7-9-21(10-8-19)34(30,31)26-11-13-32-14-12-26/h2-10,15-17H,11-14H2,1H3,(H,25,28). The number of hydrogen-bond acceptors (Lipinski definition) is 7. The summed E-state index contributed by atoms with van der Waals surface area (Å²) in [6.45, 7) is 2.77. The van der Waals surface area contributed by atoms with Crippen LogP contribution in [0, 0.1) is 0 Å². The Labute approximate surface area is 197 Å². The van der Waals surface area contributed by atoms with Crippen LogP contribution in [-0.2, 0) is 24.3 Å². The van der Waals surface area contributed by atoms with Gasteiger partial charge < -0.3 is 14.8 Å². The number of esters is 1. The summed E-state index contributed by atoms with van der Waals surface area (Å²) in [5, 5.41) is 6.77. The maximum atomic E-state index is 12.7. The van der Waals surface area contributed by atoms with Crippen LogP contribution in [0.2, 0.25) is 0 Å². The van der Waals surface area contributed by atoms with Crippen LogP contribution < -0.4 is 5.32 Å². The van der Waals surface area contributed by atoms with Crippen LogP contribution >= 0.6 is 0 Å². The fourth-order valence-electron chi connectivity index (χ4n) is 3.32. The zero-order valence-electron chi connectivity index (χ0n) is 18.5. The zero-order valence-corrected chi connectivity index (χ0v) is 19.3. The predicted molar refractivity (Wildman–Crippen MR) is 123 cm³/mol. The highest BCUT2D eigenvalue weighted by molar-refractivity contribution is 7.89. The third-order valence-electron chi connectivity index (χ3n) is 5.22. The van der Waals surface area contributed by atoms with Gasteiger partial charge in [-0.2, -0.15) is 9.40 Å². The summed E-state index contributed by atoms with van der Waals surface area (Å²) in [6, 6.07) is 15.1. The van der Waals surface area contributed by atoms with Crippen molar-refractivity contribution in [1.29, 1.82) is 0 Å². The van der Waals surface area contributed by atoms with Gasteiger partial charge in [0.25, 0.3) is 5.91 Å². The molecule has 1 N–H and O–H groups in total. The molecule has 178 valence electrons. The van der Waals surface area contributed by atoms with Crippen molar-refractivity contribution < 1.29 is 27.5 Å².